The average Bonchev–Trinajstić information content (AvgIpc) is 2.82. The van der Waals surface area contributed by atoms with E-state index in [2.05, 4.69) is 5.32 Å². The van der Waals surface area contributed by atoms with Gasteiger partial charge in [-0.2, -0.15) is 0 Å². The SMILES string of the molecule is Cc1ccc(CNC(C)c2cccc([N+](=O)[O-])c2)o1. The predicted octanol–water partition coefficient (Wildman–Crippen LogP) is 3.35. The smallest absolute Gasteiger partial charge is 0.269 e. The Kier molecular flexibility index (Phi) is 3.97. The number of hydrogen-bond donors (Lipinski definition) is 1. The molecule has 0 amide bonds. The van der Waals surface area contributed by atoms with E-state index in [-0.39, 0.29) is 16.7 Å². The highest BCUT2D eigenvalue weighted by atomic mass is 16.6. The first-order valence-corrected chi connectivity index (χ1v) is 6.09. The number of aryl methyl sites for hydroxylation is 1. The number of non-ortho nitro benzene ring substituents is 1. The summed E-state index contributed by atoms with van der Waals surface area (Å²) in [6, 6.07) is 10.5. The Morgan fingerprint density at radius 2 is 2.16 bits per heavy atom. The molecule has 0 aliphatic rings. The molecule has 0 spiro atoms. The highest BCUT2D eigenvalue weighted by Gasteiger charge is 2.11. The Morgan fingerprint density at radius 1 is 1.37 bits per heavy atom. The fraction of sp³-hybridized carbons (Fsp3) is 0.286. The van der Waals surface area contributed by atoms with Gasteiger partial charge in [-0.05, 0) is 31.5 Å². The lowest BCUT2D eigenvalue weighted by molar-refractivity contribution is -0.384. The van der Waals surface area contributed by atoms with E-state index in [1.54, 1.807) is 12.1 Å². The first kappa shape index (κ1) is 13.3. The van der Waals surface area contributed by atoms with Crippen molar-refractivity contribution in [2.45, 2.75) is 26.4 Å². The summed E-state index contributed by atoms with van der Waals surface area (Å²) in [6.07, 6.45) is 0. The van der Waals surface area contributed by atoms with Crippen molar-refractivity contribution in [2.75, 3.05) is 0 Å². The van der Waals surface area contributed by atoms with Crippen LogP contribution in [0.5, 0.6) is 0 Å². The monoisotopic (exact) mass is 260 g/mol. The normalized spacial score (nSPS) is 12.3. The zero-order chi connectivity index (χ0) is 13.8. The van der Waals surface area contributed by atoms with Gasteiger partial charge in [0.2, 0.25) is 0 Å². The molecule has 1 heterocycles. The van der Waals surface area contributed by atoms with Crippen LogP contribution in [0, 0.1) is 17.0 Å². The molecule has 5 heteroatoms. The van der Waals surface area contributed by atoms with Crippen LogP contribution in [0.3, 0.4) is 0 Å². The minimum atomic E-state index is -0.383. The molecule has 0 bridgehead atoms. The number of nitrogens with zero attached hydrogens (tertiary/aromatic N) is 1. The molecule has 1 atom stereocenters. The first-order chi connectivity index (χ1) is 9.06. The van der Waals surface area contributed by atoms with Gasteiger partial charge in [-0.15, -0.1) is 0 Å². The lowest BCUT2D eigenvalue weighted by Gasteiger charge is -2.13. The highest BCUT2D eigenvalue weighted by Crippen LogP contribution is 2.19. The second kappa shape index (κ2) is 5.67. The third kappa shape index (κ3) is 3.42. The van der Waals surface area contributed by atoms with Crippen LogP contribution in [-0.4, -0.2) is 4.92 Å². The van der Waals surface area contributed by atoms with E-state index >= 15 is 0 Å². The minimum absolute atomic E-state index is 0.0188. The number of nitrogens with one attached hydrogen (secondary N) is 1. The molecular weight excluding hydrogens is 244 g/mol. The Morgan fingerprint density at radius 3 is 2.79 bits per heavy atom. The summed E-state index contributed by atoms with van der Waals surface area (Å²) in [5.41, 5.74) is 0.998. The number of rotatable bonds is 5. The van der Waals surface area contributed by atoms with Crippen molar-refractivity contribution in [1.29, 1.82) is 0 Å². The maximum Gasteiger partial charge on any atom is 0.269 e. The highest BCUT2D eigenvalue weighted by molar-refractivity contribution is 5.35. The van der Waals surface area contributed by atoms with Gasteiger partial charge < -0.3 is 9.73 Å². The van der Waals surface area contributed by atoms with Gasteiger partial charge in [-0.1, -0.05) is 12.1 Å². The standard InChI is InChI=1S/C14H16N2O3/c1-10-6-7-14(19-10)9-15-11(2)12-4-3-5-13(8-12)16(17)18/h3-8,11,15H,9H2,1-2H3. The van der Waals surface area contributed by atoms with Gasteiger partial charge in [0, 0.05) is 18.2 Å². The topological polar surface area (TPSA) is 68.3 Å². The van der Waals surface area contributed by atoms with E-state index in [0.717, 1.165) is 17.1 Å². The number of benzene rings is 1. The third-order valence-corrected chi connectivity index (χ3v) is 2.96. The molecule has 19 heavy (non-hydrogen) atoms. The minimum Gasteiger partial charge on any atom is -0.465 e. The Hall–Kier alpha value is -2.14. The predicted molar refractivity (Wildman–Crippen MR) is 71.8 cm³/mol. The molecule has 1 aromatic heterocycles. The van der Waals surface area contributed by atoms with E-state index in [1.165, 1.54) is 6.07 Å². The van der Waals surface area contributed by atoms with Crippen molar-refractivity contribution < 1.29 is 9.34 Å². The summed E-state index contributed by atoms with van der Waals surface area (Å²) < 4.78 is 5.46. The molecule has 0 radical (unpaired) electrons. The lowest BCUT2D eigenvalue weighted by Crippen LogP contribution is -2.17. The summed E-state index contributed by atoms with van der Waals surface area (Å²) >= 11 is 0. The van der Waals surface area contributed by atoms with Gasteiger partial charge in [0.05, 0.1) is 11.5 Å². The lowest BCUT2D eigenvalue weighted by atomic mass is 10.1. The largest absolute Gasteiger partial charge is 0.465 e. The molecular formula is C14H16N2O3. The number of nitro benzene ring substituents is 1. The van der Waals surface area contributed by atoms with Crippen LogP contribution in [0.25, 0.3) is 0 Å². The van der Waals surface area contributed by atoms with Gasteiger partial charge in [-0.25, -0.2) is 0 Å². The molecule has 100 valence electrons. The summed E-state index contributed by atoms with van der Waals surface area (Å²) in [4.78, 5) is 10.3. The maximum absolute atomic E-state index is 10.7. The molecule has 1 N–H and O–H groups in total. The van der Waals surface area contributed by atoms with Gasteiger partial charge in [0.15, 0.2) is 0 Å². The fourth-order valence-electron chi connectivity index (χ4n) is 1.86. The van der Waals surface area contributed by atoms with Crippen molar-refractivity contribution in [1.82, 2.24) is 5.32 Å². The van der Waals surface area contributed by atoms with Gasteiger partial charge in [-0.3, -0.25) is 10.1 Å². The molecule has 1 aromatic carbocycles. The quantitative estimate of drug-likeness (QED) is 0.661. The zero-order valence-corrected chi connectivity index (χ0v) is 10.9. The average molecular weight is 260 g/mol. The second-order valence-electron chi connectivity index (χ2n) is 4.47. The van der Waals surface area contributed by atoms with E-state index in [1.807, 2.05) is 32.0 Å². The van der Waals surface area contributed by atoms with Crippen molar-refractivity contribution in [3.05, 3.63) is 63.6 Å². The van der Waals surface area contributed by atoms with Crippen LogP contribution in [-0.2, 0) is 6.54 Å². The molecule has 0 saturated carbocycles. The maximum atomic E-state index is 10.7. The number of nitro groups is 1. The molecule has 5 nitrogen and oxygen atoms in total. The van der Waals surface area contributed by atoms with Gasteiger partial charge in [0.25, 0.3) is 5.69 Å². The summed E-state index contributed by atoms with van der Waals surface area (Å²) in [5, 5.41) is 14.0. The van der Waals surface area contributed by atoms with Crippen LogP contribution in [0.2, 0.25) is 0 Å². The summed E-state index contributed by atoms with van der Waals surface area (Å²) in [6.45, 7) is 4.46. The fourth-order valence-corrected chi connectivity index (χ4v) is 1.86. The first-order valence-electron chi connectivity index (χ1n) is 6.09. The summed E-state index contributed by atoms with van der Waals surface area (Å²) in [5.74, 6) is 1.73. The van der Waals surface area contributed by atoms with Crippen LogP contribution in [0.15, 0.2) is 40.8 Å². The van der Waals surface area contributed by atoms with Gasteiger partial charge in [0.1, 0.15) is 11.5 Å². The molecule has 2 rings (SSSR count). The molecule has 0 saturated heterocycles. The summed E-state index contributed by atoms with van der Waals surface area (Å²) in [7, 11) is 0. The third-order valence-electron chi connectivity index (χ3n) is 2.96. The van der Waals surface area contributed by atoms with E-state index in [9.17, 15) is 10.1 Å². The number of hydrogen-bond acceptors (Lipinski definition) is 4. The van der Waals surface area contributed by atoms with Crippen LogP contribution in [0.4, 0.5) is 5.69 Å². The van der Waals surface area contributed by atoms with E-state index in [4.69, 9.17) is 4.42 Å². The zero-order valence-electron chi connectivity index (χ0n) is 10.9. The Bertz CT molecular complexity index is 578. The van der Waals surface area contributed by atoms with Crippen LogP contribution < -0.4 is 5.32 Å². The van der Waals surface area contributed by atoms with Crippen LogP contribution >= 0.6 is 0 Å². The van der Waals surface area contributed by atoms with Crippen molar-refractivity contribution in [3.8, 4) is 0 Å². The molecule has 1 unspecified atom stereocenters. The Labute approximate surface area is 111 Å². The van der Waals surface area contributed by atoms with E-state index in [0.29, 0.717) is 6.54 Å². The molecule has 0 fully saturated rings. The van der Waals surface area contributed by atoms with Crippen LogP contribution in [0.1, 0.15) is 30.0 Å². The van der Waals surface area contributed by atoms with E-state index < -0.39 is 0 Å². The Balaban J connectivity index is 2.01. The molecule has 0 aliphatic heterocycles. The molecule has 0 aliphatic carbocycles. The number of furan rings is 1. The second-order valence-corrected chi connectivity index (χ2v) is 4.47. The van der Waals surface area contributed by atoms with Crippen molar-refractivity contribution in [3.63, 3.8) is 0 Å². The van der Waals surface area contributed by atoms with Gasteiger partial charge >= 0.3 is 0 Å². The molecule has 2 aromatic rings. The van der Waals surface area contributed by atoms with Crippen molar-refractivity contribution in [2.24, 2.45) is 0 Å². The van der Waals surface area contributed by atoms with Crippen molar-refractivity contribution >= 4 is 5.69 Å².